The predicted octanol–water partition coefficient (Wildman–Crippen LogP) is 2.31. The molecule has 0 aromatic heterocycles. The molecule has 0 radical (unpaired) electrons. The fraction of sp³-hybridized carbons (Fsp3) is 0.320. The molecule has 9 heteroatoms. The summed E-state index contributed by atoms with van der Waals surface area (Å²) in [5, 5.41) is 3.58. The van der Waals surface area contributed by atoms with E-state index in [1.54, 1.807) is 23.0 Å². The lowest BCUT2D eigenvalue weighted by Crippen LogP contribution is -2.65. The van der Waals surface area contributed by atoms with E-state index in [2.05, 4.69) is 10.2 Å². The molecule has 2 saturated heterocycles. The second-order valence-corrected chi connectivity index (χ2v) is 9.23. The third-order valence-electron chi connectivity index (χ3n) is 6.65. The first-order valence-electron chi connectivity index (χ1n) is 11.3. The van der Waals surface area contributed by atoms with Gasteiger partial charge < -0.3 is 20.0 Å². The Morgan fingerprint density at radius 3 is 2.47 bits per heavy atom. The third kappa shape index (κ3) is 4.09. The van der Waals surface area contributed by atoms with Gasteiger partial charge in [-0.15, -0.1) is 0 Å². The molecule has 4 amide bonds. The quantitative estimate of drug-likeness (QED) is 0.728. The van der Waals surface area contributed by atoms with E-state index in [0.29, 0.717) is 36.8 Å². The van der Waals surface area contributed by atoms with Gasteiger partial charge in [0.1, 0.15) is 6.04 Å². The summed E-state index contributed by atoms with van der Waals surface area (Å²) < 4.78 is 0. The normalized spacial score (nSPS) is 22.5. The Morgan fingerprint density at radius 2 is 1.76 bits per heavy atom. The van der Waals surface area contributed by atoms with Crippen molar-refractivity contribution in [2.75, 3.05) is 38.1 Å². The van der Waals surface area contributed by atoms with E-state index in [-0.39, 0.29) is 18.4 Å². The lowest BCUT2D eigenvalue weighted by Gasteiger charge is -2.39. The van der Waals surface area contributed by atoms with E-state index in [4.69, 9.17) is 11.6 Å². The van der Waals surface area contributed by atoms with Crippen molar-refractivity contribution in [3.63, 3.8) is 0 Å². The number of carbonyl (C=O) groups is 3. The standard InChI is InChI=1S/C25H26ClN5O3/c1-28-16-20(23(32)30-12-10-29(11-13-30)19-9-5-8-18(26)14-19)21-22(28)24(33)31(25(34)27-21)15-17-6-3-2-4-7-17/h2-9,14,16,21-22H,10-13,15H2,1H3,(H,27,34). The van der Waals surface area contributed by atoms with Crippen LogP contribution >= 0.6 is 11.6 Å². The number of carbonyl (C=O) groups excluding carboxylic acids is 3. The maximum Gasteiger partial charge on any atom is 0.325 e. The highest BCUT2D eigenvalue weighted by Gasteiger charge is 2.49. The van der Waals surface area contributed by atoms with Gasteiger partial charge in [-0.2, -0.15) is 0 Å². The largest absolute Gasteiger partial charge is 0.368 e. The van der Waals surface area contributed by atoms with E-state index in [9.17, 15) is 14.4 Å². The first-order chi connectivity index (χ1) is 16.4. The predicted molar refractivity (Wildman–Crippen MR) is 129 cm³/mol. The summed E-state index contributed by atoms with van der Waals surface area (Å²) in [5.41, 5.74) is 2.35. The number of likely N-dealkylation sites (N-methyl/N-ethyl adjacent to an activating group) is 1. The summed E-state index contributed by atoms with van der Waals surface area (Å²) in [6.07, 6.45) is 1.70. The number of urea groups is 1. The topological polar surface area (TPSA) is 76.2 Å². The number of hydrogen-bond donors (Lipinski definition) is 1. The number of anilines is 1. The monoisotopic (exact) mass is 479 g/mol. The average molecular weight is 480 g/mol. The van der Waals surface area contributed by atoms with Crippen LogP contribution in [0.15, 0.2) is 66.4 Å². The Balaban J connectivity index is 1.26. The number of imide groups is 1. The number of fused-ring (bicyclic) bond motifs is 1. The molecule has 3 aliphatic heterocycles. The van der Waals surface area contributed by atoms with Gasteiger partial charge in [0.2, 0.25) is 0 Å². The Kier molecular flexibility index (Phi) is 5.91. The molecule has 0 aliphatic carbocycles. The Morgan fingerprint density at radius 1 is 1.03 bits per heavy atom. The molecule has 2 fully saturated rings. The molecule has 0 spiro atoms. The highest BCUT2D eigenvalue weighted by atomic mass is 35.5. The molecular formula is C25H26ClN5O3. The number of piperazine rings is 1. The molecule has 3 heterocycles. The molecule has 0 bridgehead atoms. The van der Waals surface area contributed by atoms with Gasteiger partial charge in [-0.1, -0.05) is 48.0 Å². The van der Waals surface area contributed by atoms with Gasteiger partial charge in [-0.05, 0) is 23.8 Å². The van der Waals surface area contributed by atoms with Gasteiger partial charge in [0, 0.05) is 50.1 Å². The molecule has 2 unspecified atom stereocenters. The summed E-state index contributed by atoms with van der Waals surface area (Å²) in [7, 11) is 1.77. The molecule has 2 aromatic carbocycles. The molecule has 1 N–H and O–H groups in total. The summed E-state index contributed by atoms with van der Waals surface area (Å²) >= 11 is 6.12. The van der Waals surface area contributed by atoms with Crippen LogP contribution in [0.1, 0.15) is 5.56 Å². The molecule has 34 heavy (non-hydrogen) atoms. The van der Waals surface area contributed by atoms with Gasteiger partial charge in [0.05, 0.1) is 18.2 Å². The van der Waals surface area contributed by atoms with Gasteiger partial charge in [0.25, 0.3) is 11.8 Å². The van der Waals surface area contributed by atoms with Gasteiger partial charge in [-0.25, -0.2) is 4.79 Å². The molecular weight excluding hydrogens is 454 g/mol. The van der Waals surface area contributed by atoms with Crippen molar-refractivity contribution in [2.45, 2.75) is 18.6 Å². The van der Waals surface area contributed by atoms with Crippen LogP contribution < -0.4 is 10.2 Å². The molecule has 176 valence electrons. The number of benzene rings is 2. The summed E-state index contributed by atoms with van der Waals surface area (Å²) in [4.78, 5) is 46.4. The maximum absolute atomic E-state index is 13.4. The van der Waals surface area contributed by atoms with E-state index in [0.717, 1.165) is 11.3 Å². The lowest BCUT2D eigenvalue weighted by atomic mass is 9.98. The molecule has 3 aliphatic rings. The second kappa shape index (κ2) is 9.02. The fourth-order valence-electron chi connectivity index (χ4n) is 4.86. The number of nitrogens with zero attached hydrogens (tertiary/aromatic N) is 4. The summed E-state index contributed by atoms with van der Waals surface area (Å²) in [6, 6.07) is 15.3. The zero-order valence-electron chi connectivity index (χ0n) is 18.9. The van der Waals surface area contributed by atoms with Gasteiger partial charge >= 0.3 is 6.03 Å². The number of rotatable bonds is 4. The first-order valence-corrected chi connectivity index (χ1v) is 11.7. The zero-order valence-corrected chi connectivity index (χ0v) is 19.6. The number of halogens is 1. The minimum atomic E-state index is -0.657. The Labute approximate surface area is 203 Å². The highest BCUT2D eigenvalue weighted by molar-refractivity contribution is 6.30. The molecule has 0 saturated carbocycles. The van der Waals surface area contributed by atoms with Crippen LogP contribution in [0.3, 0.4) is 0 Å². The Hall–Kier alpha value is -3.52. The maximum atomic E-state index is 13.4. The lowest BCUT2D eigenvalue weighted by molar-refractivity contribution is -0.135. The third-order valence-corrected chi connectivity index (χ3v) is 6.88. The van der Waals surface area contributed by atoms with Crippen LogP contribution in [-0.4, -0.2) is 77.9 Å². The van der Waals surface area contributed by atoms with Crippen molar-refractivity contribution in [3.05, 3.63) is 77.0 Å². The van der Waals surface area contributed by atoms with E-state index >= 15 is 0 Å². The van der Waals surface area contributed by atoms with Gasteiger partial charge in [0.15, 0.2) is 0 Å². The van der Waals surface area contributed by atoms with Crippen LogP contribution in [-0.2, 0) is 16.1 Å². The van der Waals surface area contributed by atoms with Crippen LogP contribution in [0.25, 0.3) is 0 Å². The van der Waals surface area contributed by atoms with Crippen LogP contribution in [0, 0.1) is 0 Å². The van der Waals surface area contributed by atoms with E-state index in [1.165, 1.54) is 4.90 Å². The molecule has 8 nitrogen and oxygen atoms in total. The minimum Gasteiger partial charge on any atom is -0.368 e. The second-order valence-electron chi connectivity index (χ2n) is 8.79. The molecule has 2 atom stereocenters. The summed E-state index contributed by atoms with van der Waals surface area (Å²) in [6.45, 7) is 2.65. The van der Waals surface area contributed by atoms with E-state index < -0.39 is 18.1 Å². The first kappa shape index (κ1) is 22.3. The molecule has 2 aromatic rings. The Bertz CT molecular complexity index is 1150. The van der Waals surface area contributed by atoms with Crippen molar-refractivity contribution in [1.82, 2.24) is 20.0 Å². The van der Waals surface area contributed by atoms with Crippen molar-refractivity contribution in [2.24, 2.45) is 0 Å². The summed E-state index contributed by atoms with van der Waals surface area (Å²) in [5.74, 6) is -0.445. The number of hydrogen-bond acceptors (Lipinski definition) is 5. The van der Waals surface area contributed by atoms with Crippen molar-refractivity contribution >= 4 is 35.1 Å². The fourth-order valence-corrected chi connectivity index (χ4v) is 5.04. The minimum absolute atomic E-state index is 0.144. The van der Waals surface area contributed by atoms with Crippen molar-refractivity contribution in [3.8, 4) is 0 Å². The number of amides is 4. The average Bonchev–Trinajstić information content (AvgIpc) is 3.18. The van der Waals surface area contributed by atoms with Crippen LogP contribution in [0.4, 0.5) is 10.5 Å². The molecule has 5 rings (SSSR count). The van der Waals surface area contributed by atoms with E-state index in [1.807, 2.05) is 54.6 Å². The number of nitrogens with one attached hydrogen (secondary N) is 1. The van der Waals surface area contributed by atoms with Crippen molar-refractivity contribution in [1.29, 1.82) is 0 Å². The van der Waals surface area contributed by atoms with Gasteiger partial charge in [-0.3, -0.25) is 14.5 Å². The smallest absolute Gasteiger partial charge is 0.325 e. The van der Waals surface area contributed by atoms with Crippen LogP contribution in [0.2, 0.25) is 5.02 Å². The van der Waals surface area contributed by atoms with Crippen molar-refractivity contribution < 1.29 is 14.4 Å². The SMILES string of the molecule is CN1C=C(C(=O)N2CCN(c3cccc(Cl)c3)CC2)C2NC(=O)N(Cc3ccccc3)C(=O)C21. The van der Waals surface area contributed by atoms with Crippen LogP contribution in [0.5, 0.6) is 0 Å². The zero-order chi connectivity index (χ0) is 23.8. The highest BCUT2D eigenvalue weighted by Crippen LogP contribution is 2.29.